The number of aromatic nitrogens is 4. The van der Waals surface area contributed by atoms with E-state index in [0.717, 1.165) is 5.69 Å². The summed E-state index contributed by atoms with van der Waals surface area (Å²) in [7, 11) is 0. The molecular formula is C15H13FN4OS. The zero-order chi connectivity index (χ0) is 15.2. The minimum atomic E-state index is -0.307. The molecule has 0 N–H and O–H groups in total. The van der Waals surface area contributed by atoms with Crippen molar-refractivity contribution in [1.29, 1.82) is 0 Å². The number of para-hydroxylation sites is 1. The van der Waals surface area contributed by atoms with Gasteiger partial charge in [-0.2, -0.15) is 4.68 Å². The van der Waals surface area contributed by atoms with Gasteiger partial charge in [0.1, 0.15) is 11.6 Å². The largest absolute Gasteiger partial charge is 0.493 e. The summed E-state index contributed by atoms with van der Waals surface area (Å²) >= 11 is 1.48. The third-order valence-electron chi connectivity index (χ3n) is 2.82. The fourth-order valence-electron chi connectivity index (χ4n) is 1.85. The summed E-state index contributed by atoms with van der Waals surface area (Å²) in [5, 5.41) is 12.4. The quantitative estimate of drug-likeness (QED) is 0.517. The summed E-state index contributed by atoms with van der Waals surface area (Å²) < 4.78 is 20.2. The third-order valence-corrected chi connectivity index (χ3v) is 3.70. The van der Waals surface area contributed by atoms with Gasteiger partial charge in [0.25, 0.3) is 0 Å². The standard InChI is InChI=1S/C15H13FN4OS/c16-12-5-4-8-14(11-12)21-9-10-22-15-17-18-19-20(15)13-6-2-1-3-7-13/h1-8,11H,9-10H2. The minimum Gasteiger partial charge on any atom is -0.493 e. The molecule has 3 aromatic rings. The van der Waals surface area contributed by atoms with E-state index in [2.05, 4.69) is 15.5 Å². The molecule has 0 saturated heterocycles. The first-order chi connectivity index (χ1) is 10.8. The molecular weight excluding hydrogens is 303 g/mol. The lowest BCUT2D eigenvalue weighted by Gasteiger charge is -2.06. The van der Waals surface area contributed by atoms with E-state index < -0.39 is 0 Å². The number of halogens is 1. The first-order valence-electron chi connectivity index (χ1n) is 6.68. The summed E-state index contributed by atoms with van der Waals surface area (Å²) in [6, 6.07) is 15.8. The predicted octanol–water partition coefficient (Wildman–Crippen LogP) is 2.97. The fraction of sp³-hybridized carbons (Fsp3) is 0.133. The van der Waals surface area contributed by atoms with Crippen molar-refractivity contribution in [2.45, 2.75) is 5.16 Å². The van der Waals surface area contributed by atoms with Crippen molar-refractivity contribution >= 4 is 11.8 Å². The molecule has 0 bridgehead atoms. The van der Waals surface area contributed by atoms with Crippen LogP contribution in [0, 0.1) is 5.82 Å². The van der Waals surface area contributed by atoms with Gasteiger partial charge in [0, 0.05) is 11.8 Å². The molecule has 112 valence electrons. The van der Waals surface area contributed by atoms with E-state index in [1.165, 1.54) is 23.9 Å². The van der Waals surface area contributed by atoms with Gasteiger partial charge in [-0.25, -0.2) is 4.39 Å². The Morgan fingerprint density at radius 3 is 2.77 bits per heavy atom. The van der Waals surface area contributed by atoms with Crippen molar-refractivity contribution in [2.75, 3.05) is 12.4 Å². The van der Waals surface area contributed by atoms with Crippen LogP contribution in [-0.4, -0.2) is 32.6 Å². The summed E-state index contributed by atoms with van der Waals surface area (Å²) in [5.41, 5.74) is 0.904. The second-order valence-electron chi connectivity index (χ2n) is 4.36. The molecule has 0 fully saturated rings. The van der Waals surface area contributed by atoms with Crippen LogP contribution in [0.1, 0.15) is 0 Å². The van der Waals surface area contributed by atoms with Gasteiger partial charge in [0.2, 0.25) is 5.16 Å². The number of ether oxygens (including phenoxy) is 1. The molecule has 2 aromatic carbocycles. The summed E-state index contributed by atoms with van der Waals surface area (Å²) in [6.45, 7) is 0.440. The van der Waals surface area contributed by atoms with Gasteiger partial charge in [-0.1, -0.05) is 36.0 Å². The number of rotatable bonds is 6. The molecule has 0 saturated carbocycles. The van der Waals surface area contributed by atoms with Gasteiger partial charge < -0.3 is 4.74 Å². The molecule has 5 nitrogen and oxygen atoms in total. The number of benzene rings is 2. The van der Waals surface area contributed by atoms with Crippen molar-refractivity contribution in [3.63, 3.8) is 0 Å². The number of hydrogen-bond donors (Lipinski definition) is 0. The van der Waals surface area contributed by atoms with Gasteiger partial charge in [-0.05, 0) is 34.7 Å². The maximum Gasteiger partial charge on any atom is 0.214 e. The van der Waals surface area contributed by atoms with Crippen LogP contribution in [0.4, 0.5) is 4.39 Å². The highest BCUT2D eigenvalue weighted by atomic mass is 32.2. The van der Waals surface area contributed by atoms with Gasteiger partial charge in [-0.15, -0.1) is 5.10 Å². The molecule has 3 rings (SSSR count). The van der Waals surface area contributed by atoms with E-state index in [4.69, 9.17) is 4.74 Å². The first-order valence-corrected chi connectivity index (χ1v) is 7.66. The van der Waals surface area contributed by atoms with Crippen LogP contribution in [0.5, 0.6) is 5.75 Å². The highest BCUT2D eigenvalue weighted by Crippen LogP contribution is 2.18. The van der Waals surface area contributed by atoms with E-state index in [1.54, 1.807) is 16.8 Å². The molecule has 0 aliphatic heterocycles. The molecule has 1 aromatic heterocycles. The third kappa shape index (κ3) is 3.62. The molecule has 0 aliphatic rings. The lowest BCUT2D eigenvalue weighted by molar-refractivity contribution is 0.342. The predicted molar refractivity (Wildman–Crippen MR) is 81.8 cm³/mol. The summed E-state index contributed by atoms with van der Waals surface area (Å²) in [6.07, 6.45) is 0. The van der Waals surface area contributed by atoms with Crippen molar-refractivity contribution in [3.05, 3.63) is 60.4 Å². The Hall–Kier alpha value is -2.41. The molecule has 0 aliphatic carbocycles. The van der Waals surface area contributed by atoms with Crippen LogP contribution in [0.15, 0.2) is 59.8 Å². The molecule has 0 amide bonds. The molecule has 0 spiro atoms. The maximum absolute atomic E-state index is 13.0. The molecule has 7 heteroatoms. The number of tetrazole rings is 1. The van der Waals surface area contributed by atoms with Gasteiger partial charge in [-0.3, -0.25) is 0 Å². The average molecular weight is 316 g/mol. The number of nitrogens with zero attached hydrogens (tertiary/aromatic N) is 4. The normalized spacial score (nSPS) is 10.6. The lowest BCUT2D eigenvalue weighted by atomic mass is 10.3. The Morgan fingerprint density at radius 1 is 1.09 bits per heavy atom. The van der Waals surface area contributed by atoms with Crippen LogP contribution in [-0.2, 0) is 0 Å². The van der Waals surface area contributed by atoms with Crippen LogP contribution in [0.3, 0.4) is 0 Å². The SMILES string of the molecule is Fc1cccc(OCCSc2nnnn2-c2ccccc2)c1. The van der Waals surface area contributed by atoms with Crippen molar-refractivity contribution in [1.82, 2.24) is 20.2 Å². The first kappa shape index (κ1) is 14.5. The molecule has 0 radical (unpaired) electrons. The van der Waals surface area contributed by atoms with Crippen LogP contribution < -0.4 is 4.74 Å². The Morgan fingerprint density at radius 2 is 1.95 bits per heavy atom. The second-order valence-corrected chi connectivity index (χ2v) is 5.43. The number of thioether (sulfide) groups is 1. The van der Waals surface area contributed by atoms with Crippen molar-refractivity contribution in [2.24, 2.45) is 0 Å². The van der Waals surface area contributed by atoms with Crippen LogP contribution in [0.2, 0.25) is 0 Å². The van der Waals surface area contributed by atoms with Gasteiger partial charge >= 0.3 is 0 Å². The monoisotopic (exact) mass is 316 g/mol. The second kappa shape index (κ2) is 7.04. The Balaban J connectivity index is 1.56. The summed E-state index contributed by atoms with van der Waals surface area (Å²) in [4.78, 5) is 0. The fourth-order valence-corrected chi connectivity index (χ4v) is 2.56. The molecule has 1 heterocycles. The lowest BCUT2D eigenvalue weighted by Crippen LogP contribution is -2.03. The highest BCUT2D eigenvalue weighted by Gasteiger charge is 2.08. The van der Waals surface area contributed by atoms with Crippen molar-refractivity contribution in [3.8, 4) is 11.4 Å². The smallest absolute Gasteiger partial charge is 0.214 e. The van der Waals surface area contributed by atoms with E-state index in [1.807, 2.05) is 30.3 Å². The van der Waals surface area contributed by atoms with E-state index in [0.29, 0.717) is 23.3 Å². The minimum absolute atomic E-state index is 0.307. The molecule has 22 heavy (non-hydrogen) atoms. The van der Waals surface area contributed by atoms with Crippen molar-refractivity contribution < 1.29 is 9.13 Å². The molecule has 0 atom stereocenters. The van der Waals surface area contributed by atoms with Gasteiger partial charge in [0.05, 0.1) is 12.3 Å². The average Bonchev–Trinajstić information content (AvgIpc) is 3.01. The van der Waals surface area contributed by atoms with Crippen LogP contribution >= 0.6 is 11.8 Å². The number of hydrogen-bond acceptors (Lipinski definition) is 5. The zero-order valence-electron chi connectivity index (χ0n) is 11.6. The summed E-state index contributed by atoms with van der Waals surface area (Å²) in [5.74, 6) is 0.866. The highest BCUT2D eigenvalue weighted by molar-refractivity contribution is 7.99. The molecule has 0 unspecified atom stereocenters. The van der Waals surface area contributed by atoms with Crippen LogP contribution in [0.25, 0.3) is 5.69 Å². The van der Waals surface area contributed by atoms with E-state index in [9.17, 15) is 4.39 Å². The Bertz CT molecular complexity index is 735. The topological polar surface area (TPSA) is 52.8 Å². The van der Waals surface area contributed by atoms with E-state index in [-0.39, 0.29) is 5.82 Å². The Kier molecular flexibility index (Phi) is 4.65. The maximum atomic E-state index is 13.0. The Labute approximate surface area is 131 Å². The zero-order valence-corrected chi connectivity index (χ0v) is 12.4. The van der Waals surface area contributed by atoms with Gasteiger partial charge in [0.15, 0.2) is 0 Å². The van der Waals surface area contributed by atoms with E-state index >= 15 is 0 Å².